The van der Waals surface area contributed by atoms with E-state index >= 15 is 0 Å². The maximum Gasteiger partial charge on any atom is 0.381 e. The molecule has 1 atom stereocenters. The zero-order chi connectivity index (χ0) is 22.2. The fourth-order valence-corrected chi connectivity index (χ4v) is 5.53. The predicted molar refractivity (Wildman–Crippen MR) is 112 cm³/mol. The van der Waals surface area contributed by atoms with E-state index < -0.39 is 27.4 Å². The van der Waals surface area contributed by atoms with Crippen LogP contribution in [0.1, 0.15) is 22.7 Å². The number of carbonyl (C=O) groups excluding carboxylic acids is 1. The quantitative estimate of drug-likeness (QED) is 0.533. The van der Waals surface area contributed by atoms with Crippen molar-refractivity contribution in [2.75, 3.05) is 29.2 Å². The van der Waals surface area contributed by atoms with Crippen LogP contribution in [0.3, 0.4) is 0 Å². The van der Waals surface area contributed by atoms with Crippen molar-refractivity contribution in [1.29, 1.82) is 0 Å². The number of amides is 1. The average Bonchev–Trinajstić information content (AvgIpc) is 3.41. The van der Waals surface area contributed by atoms with Crippen LogP contribution in [0.2, 0.25) is 0 Å². The molecule has 4 heterocycles. The van der Waals surface area contributed by atoms with Gasteiger partial charge in [-0.3, -0.25) is 10.1 Å². The van der Waals surface area contributed by atoms with E-state index in [9.17, 15) is 18.0 Å². The van der Waals surface area contributed by atoms with Gasteiger partial charge in [0.2, 0.25) is 16.0 Å². The summed E-state index contributed by atoms with van der Waals surface area (Å²) in [7, 11) is -1.86. The molecule has 1 saturated heterocycles. The van der Waals surface area contributed by atoms with Crippen LogP contribution in [0.4, 0.5) is 10.8 Å². The number of hydrogen-bond acceptors (Lipinski definition) is 11. The molecule has 12 nitrogen and oxygen atoms in total. The smallest absolute Gasteiger partial charge is 0.381 e. The number of nitrogens with one attached hydrogen (secondary N) is 2. The molecule has 1 aliphatic heterocycles. The largest absolute Gasteiger partial charge is 0.488 e. The third-order valence-corrected chi connectivity index (χ3v) is 7.16. The lowest BCUT2D eigenvalue weighted by Crippen LogP contribution is -2.23. The number of ether oxygens (including phenoxy) is 1. The Labute approximate surface area is 180 Å². The molecule has 3 aromatic rings. The molecule has 0 spiro atoms. The molecule has 0 unspecified atom stereocenters. The molecule has 1 amide bonds. The van der Waals surface area contributed by atoms with Gasteiger partial charge in [-0.2, -0.15) is 5.10 Å². The second-order valence-electron chi connectivity index (χ2n) is 6.82. The Morgan fingerprint density at radius 3 is 2.84 bits per heavy atom. The Balaban J connectivity index is 1.56. The summed E-state index contributed by atoms with van der Waals surface area (Å²) >= 11 is 1.09. The van der Waals surface area contributed by atoms with Crippen molar-refractivity contribution in [1.82, 2.24) is 20.0 Å². The second kappa shape index (κ2) is 8.11. The van der Waals surface area contributed by atoms with Gasteiger partial charge in [-0.05, 0) is 19.4 Å². The van der Waals surface area contributed by atoms with Gasteiger partial charge in [-0.25, -0.2) is 17.9 Å². The van der Waals surface area contributed by atoms with Gasteiger partial charge in [-0.1, -0.05) is 11.3 Å². The Hall–Kier alpha value is -3.26. The number of anilines is 2. The molecule has 0 saturated carbocycles. The van der Waals surface area contributed by atoms with Gasteiger partial charge < -0.3 is 14.5 Å². The topological polar surface area (TPSA) is 158 Å². The zero-order valence-electron chi connectivity index (χ0n) is 16.5. The van der Waals surface area contributed by atoms with Crippen molar-refractivity contribution in [3.63, 3.8) is 0 Å². The number of methoxy groups -OCH3 is 1. The standard InChI is InChI=1S/C17H18N6O6S2/c1-9-3-5-18-23(9)17-22-21-16(30-17)20-14(24)12-7-11(13(28-2)15(25)29-12)19-10-4-6-31(26,27)8-10/h3,5,7,10,19H,4,6,8H2,1-2H3,(H,20,21,24)/t10-/m1/s1. The Morgan fingerprint density at radius 2 is 2.19 bits per heavy atom. The molecule has 1 fully saturated rings. The molecule has 0 aromatic carbocycles. The van der Waals surface area contributed by atoms with Crippen LogP contribution < -0.4 is 21.0 Å². The van der Waals surface area contributed by atoms with Crippen LogP contribution >= 0.6 is 11.3 Å². The summed E-state index contributed by atoms with van der Waals surface area (Å²) in [6.45, 7) is 1.85. The molecule has 2 N–H and O–H groups in total. The number of hydrogen-bond donors (Lipinski definition) is 2. The first kappa shape index (κ1) is 21.0. The predicted octanol–water partition coefficient (Wildman–Crippen LogP) is 0.845. The fourth-order valence-electron chi connectivity index (χ4n) is 3.10. The minimum absolute atomic E-state index is 0.0525. The third-order valence-electron chi connectivity index (χ3n) is 4.58. The Morgan fingerprint density at radius 1 is 1.39 bits per heavy atom. The molecular weight excluding hydrogens is 448 g/mol. The van der Waals surface area contributed by atoms with E-state index in [1.54, 1.807) is 16.9 Å². The first-order valence-corrected chi connectivity index (χ1v) is 11.7. The van der Waals surface area contributed by atoms with E-state index in [4.69, 9.17) is 9.15 Å². The summed E-state index contributed by atoms with van der Waals surface area (Å²) in [6.07, 6.45) is 2.00. The van der Waals surface area contributed by atoms with Crippen molar-refractivity contribution in [3.8, 4) is 10.9 Å². The summed E-state index contributed by atoms with van der Waals surface area (Å²) in [5.41, 5.74) is 0.152. The van der Waals surface area contributed by atoms with Crippen LogP contribution in [-0.4, -0.2) is 59.0 Å². The van der Waals surface area contributed by atoms with Crippen LogP contribution in [0, 0.1) is 6.92 Å². The average molecular weight is 467 g/mol. The van der Waals surface area contributed by atoms with Gasteiger partial charge in [0.05, 0.1) is 24.3 Å². The van der Waals surface area contributed by atoms with Crippen LogP contribution in [0.15, 0.2) is 27.5 Å². The van der Waals surface area contributed by atoms with Gasteiger partial charge in [0.15, 0.2) is 15.6 Å². The second-order valence-corrected chi connectivity index (χ2v) is 10.0. The molecule has 14 heteroatoms. The highest BCUT2D eigenvalue weighted by Crippen LogP contribution is 2.26. The van der Waals surface area contributed by atoms with Gasteiger partial charge in [0, 0.05) is 24.0 Å². The van der Waals surface area contributed by atoms with Crippen molar-refractivity contribution in [3.05, 3.63) is 40.2 Å². The van der Waals surface area contributed by atoms with E-state index in [0.29, 0.717) is 11.6 Å². The minimum Gasteiger partial charge on any atom is -0.488 e. The number of aryl methyl sites for hydroxylation is 1. The van der Waals surface area contributed by atoms with E-state index in [1.807, 2.05) is 6.92 Å². The SMILES string of the molecule is COc1c(N[C@@H]2CCS(=O)(=O)C2)cc(C(=O)Nc2nnc(-n3nccc3C)s2)oc1=O. The lowest BCUT2D eigenvalue weighted by molar-refractivity contribution is 0.0991. The lowest BCUT2D eigenvalue weighted by Gasteiger charge is -2.15. The van der Waals surface area contributed by atoms with Crippen molar-refractivity contribution in [2.45, 2.75) is 19.4 Å². The van der Waals surface area contributed by atoms with Crippen molar-refractivity contribution < 1.29 is 22.4 Å². The van der Waals surface area contributed by atoms with E-state index in [0.717, 1.165) is 17.0 Å². The third kappa shape index (κ3) is 4.44. The summed E-state index contributed by atoms with van der Waals surface area (Å²) in [4.78, 5) is 24.9. The van der Waals surface area contributed by atoms with Crippen molar-refractivity contribution in [2.24, 2.45) is 0 Å². The molecule has 164 valence electrons. The summed E-state index contributed by atoms with van der Waals surface area (Å²) in [5, 5.41) is 18.1. The first-order valence-electron chi connectivity index (χ1n) is 9.10. The number of sulfone groups is 1. The van der Waals surface area contributed by atoms with Gasteiger partial charge >= 0.3 is 5.63 Å². The normalized spacial score (nSPS) is 17.4. The summed E-state index contributed by atoms with van der Waals surface area (Å²) in [5.74, 6) is -1.18. The lowest BCUT2D eigenvalue weighted by atomic mass is 10.2. The minimum atomic E-state index is -3.14. The molecule has 0 aliphatic carbocycles. The molecule has 31 heavy (non-hydrogen) atoms. The Kier molecular flexibility index (Phi) is 5.49. The molecule has 0 bridgehead atoms. The number of aromatic nitrogens is 4. The first-order chi connectivity index (χ1) is 14.8. The fraction of sp³-hybridized carbons (Fsp3) is 0.353. The van der Waals surface area contributed by atoms with Crippen LogP contribution in [0.5, 0.6) is 5.75 Å². The number of nitrogens with zero attached hydrogens (tertiary/aromatic N) is 4. The summed E-state index contributed by atoms with van der Waals surface area (Å²) < 4.78 is 35.1. The summed E-state index contributed by atoms with van der Waals surface area (Å²) in [6, 6.07) is 2.69. The highest BCUT2D eigenvalue weighted by Gasteiger charge is 2.29. The van der Waals surface area contributed by atoms with Crippen molar-refractivity contribution >= 4 is 37.9 Å². The van der Waals surface area contributed by atoms with Gasteiger partial charge in [-0.15, -0.1) is 10.2 Å². The molecule has 4 rings (SSSR count). The van der Waals surface area contributed by atoms with Gasteiger partial charge in [0.1, 0.15) is 0 Å². The van der Waals surface area contributed by atoms with Gasteiger partial charge in [0.25, 0.3) is 5.91 Å². The number of rotatable bonds is 6. The highest BCUT2D eigenvalue weighted by atomic mass is 32.2. The molecular formula is C17H18N6O6S2. The van der Waals surface area contributed by atoms with Crippen LogP contribution in [0.25, 0.3) is 5.13 Å². The molecule has 1 aliphatic rings. The highest BCUT2D eigenvalue weighted by molar-refractivity contribution is 7.91. The molecule has 3 aromatic heterocycles. The monoisotopic (exact) mass is 466 g/mol. The van der Waals surface area contributed by atoms with E-state index in [1.165, 1.54) is 13.2 Å². The molecule has 0 radical (unpaired) electrons. The zero-order valence-corrected chi connectivity index (χ0v) is 18.1. The van der Waals surface area contributed by atoms with E-state index in [-0.39, 0.29) is 33.8 Å². The number of carbonyl (C=O) groups is 1. The maximum absolute atomic E-state index is 12.6. The van der Waals surface area contributed by atoms with E-state index in [2.05, 4.69) is 25.9 Å². The van der Waals surface area contributed by atoms with Crippen LogP contribution in [-0.2, 0) is 9.84 Å². The Bertz CT molecular complexity index is 1290. The maximum atomic E-state index is 12.6.